The minimum atomic E-state index is 0.282. The molecule has 0 aromatic heterocycles. The summed E-state index contributed by atoms with van der Waals surface area (Å²) in [6.45, 7) is 4.82. The van der Waals surface area contributed by atoms with Crippen LogP contribution in [-0.4, -0.2) is 37.9 Å². The van der Waals surface area contributed by atoms with Crippen molar-refractivity contribution in [3.63, 3.8) is 0 Å². The van der Waals surface area contributed by atoms with Crippen LogP contribution in [0.5, 0.6) is 5.75 Å². The van der Waals surface area contributed by atoms with Crippen LogP contribution in [0.25, 0.3) is 0 Å². The molecule has 1 unspecified atom stereocenters. The number of anilines is 1. The lowest BCUT2D eigenvalue weighted by Crippen LogP contribution is -2.40. The van der Waals surface area contributed by atoms with Gasteiger partial charge in [-0.3, -0.25) is 0 Å². The van der Waals surface area contributed by atoms with Gasteiger partial charge < -0.3 is 20.1 Å². The maximum atomic E-state index is 5.90. The average Bonchev–Trinajstić information content (AvgIpc) is 2.52. The van der Waals surface area contributed by atoms with Gasteiger partial charge in [0.05, 0.1) is 18.9 Å². The molecule has 0 amide bonds. The number of rotatable bonds is 6. The van der Waals surface area contributed by atoms with E-state index in [-0.39, 0.29) is 6.10 Å². The largest absolute Gasteiger partial charge is 0.497 e. The molecule has 116 valence electrons. The van der Waals surface area contributed by atoms with E-state index >= 15 is 0 Å². The van der Waals surface area contributed by atoms with Gasteiger partial charge in [-0.15, -0.1) is 0 Å². The molecule has 1 fully saturated rings. The first-order valence-electron chi connectivity index (χ1n) is 7.50. The Balaban J connectivity index is 2.20. The van der Waals surface area contributed by atoms with Crippen LogP contribution in [0.15, 0.2) is 18.2 Å². The lowest BCUT2D eigenvalue weighted by Gasteiger charge is -2.35. The molecular weight excluding hydrogens is 284 g/mol. The maximum absolute atomic E-state index is 5.90. The van der Waals surface area contributed by atoms with Crippen LogP contribution >= 0.6 is 12.2 Å². The van der Waals surface area contributed by atoms with Crippen LogP contribution in [-0.2, 0) is 4.74 Å². The third-order valence-electron chi connectivity index (χ3n) is 3.75. The predicted octanol–water partition coefficient (Wildman–Crippen LogP) is 2.72. The van der Waals surface area contributed by atoms with Gasteiger partial charge in [-0.25, -0.2) is 0 Å². The van der Waals surface area contributed by atoms with E-state index in [1.807, 2.05) is 18.2 Å². The van der Waals surface area contributed by atoms with Gasteiger partial charge in [0, 0.05) is 31.3 Å². The minimum Gasteiger partial charge on any atom is -0.497 e. The van der Waals surface area contributed by atoms with E-state index in [0.717, 1.165) is 56.0 Å². The van der Waals surface area contributed by atoms with Crippen molar-refractivity contribution in [1.82, 2.24) is 0 Å². The summed E-state index contributed by atoms with van der Waals surface area (Å²) in [6, 6.07) is 5.84. The summed E-state index contributed by atoms with van der Waals surface area (Å²) >= 11 is 5.18. The van der Waals surface area contributed by atoms with Crippen LogP contribution < -0.4 is 15.4 Å². The number of thiocarbonyl (C=S) groups is 1. The number of hydrogen-bond acceptors (Lipinski definition) is 4. The number of nitrogens with two attached hydrogens (primary N) is 1. The third-order valence-corrected chi connectivity index (χ3v) is 3.97. The zero-order chi connectivity index (χ0) is 15.2. The van der Waals surface area contributed by atoms with E-state index in [9.17, 15) is 0 Å². The zero-order valence-electron chi connectivity index (χ0n) is 12.8. The van der Waals surface area contributed by atoms with Crippen molar-refractivity contribution in [3.8, 4) is 5.75 Å². The molecule has 0 bridgehead atoms. The number of methoxy groups -OCH3 is 1. The molecule has 2 N–H and O–H groups in total. The molecule has 0 saturated carbocycles. The number of hydrogen-bond donors (Lipinski definition) is 1. The van der Waals surface area contributed by atoms with E-state index in [1.165, 1.54) is 0 Å². The van der Waals surface area contributed by atoms with Crippen molar-refractivity contribution in [3.05, 3.63) is 23.8 Å². The first-order valence-corrected chi connectivity index (χ1v) is 7.91. The summed E-state index contributed by atoms with van der Waals surface area (Å²) in [5.74, 6) is 0.821. The molecule has 1 atom stereocenters. The molecule has 4 nitrogen and oxygen atoms in total. The van der Waals surface area contributed by atoms with Crippen molar-refractivity contribution in [1.29, 1.82) is 0 Å². The number of ether oxygens (including phenoxy) is 2. The molecule has 1 saturated heterocycles. The fraction of sp³-hybridized carbons (Fsp3) is 0.562. The normalized spacial score (nSPS) is 18.6. The highest BCUT2D eigenvalue weighted by molar-refractivity contribution is 7.80. The van der Waals surface area contributed by atoms with Crippen molar-refractivity contribution in [2.24, 2.45) is 5.73 Å². The lowest BCUT2D eigenvalue weighted by atomic mass is 10.0. The second kappa shape index (κ2) is 7.61. The quantitative estimate of drug-likeness (QED) is 0.819. The van der Waals surface area contributed by atoms with Crippen molar-refractivity contribution < 1.29 is 9.47 Å². The minimum absolute atomic E-state index is 0.282. The Morgan fingerprint density at radius 3 is 2.95 bits per heavy atom. The molecule has 0 radical (unpaired) electrons. The van der Waals surface area contributed by atoms with Gasteiger partial charge >= 0.3 is 0 Å². The van der Waals surface area contributed by atoms with Gasteiger partial charge in [-0.1, -0.05) is 19.1 Å². The molecule has 21 heavy (non-hydrogen) atoms. The highest BCUT2D eigenvalue weighted by atomic mass is 32.1. The first-order chi connectivity index (χ1) is 10.2. The van der Waals surface area contributed by atoms with Crippen molar-refractivity contribution in [2.75, 3.05) is 31.7 Å². The molecule has 2 rings (SSSR count). The van der Waals surface area contributed by atoms with Crippen LogP contribution in [0.4, 0.5) is 5.69 Å². The van der Waals surface area contributed by atoms with Crippen molar-refractivity contribution in [2.45, 2.75) is 32.3 Å². The maximum Gasteiger partial charge on any atom is 0.120 e. The van der Waals surface area contributed by atoms with Gasteiger partial charge in [0.25, 0.3) is 0 Å². The van der Waals surface area contributed by atoms with Crippen molar-refractivity contribution >= 4 is 22.9 Å². The summed E-state index contributed by atoms with van der Waals surface area (Å²) in [6.07, 6.45) is 3.56. The van der Waals surface area contributed by atoms with Crippen LogP contribution in [0, 0.1) is 0 Å². The molecule has 0 aliphatic carbocycles. The van der Waals surface area contributed by atoms with Gasteiger partial charge in [0.1, 0.15) is 10.7 Å². The van der Waals surface area contributed by atoms with E-state index < -0.39 is 0 Å². The van der Waals surface area contributed by atoms with Crippen LogP contribution in [0.3, 0.4) is 0 Å². The highest BCUT2D eigenvalue weighted by Crippen LogP contribution is 2.29. The molecule has 1 heterocycles. The smallest absolute Gasteiger partial charge is 0.120 e. The predicted molar refractivity (Wildman–Crippen MR) is 90.4 cm³/mol. The Kier molecular flexibility index (Phi) is 5.82. The Morgan fingerprint density at radius 2 is 2.29 bits per heavy atom. The van der Waals surface area contributed by atoms with Gasteiger partial charge in [0.15, 0.2) is 0 Å². The fourth-order valence-corrected chi connectivity index (χ4v) is 2.86. The van der Waals surface area contributed by atoms with E-state index in [2.05, 4.69) is 11.8 Å². The molecule has 5 heteroatoms. The van der Waals surface area contributed by atoms with E-state index in [4.69, 9.17) is 27.4 Å². The van der Waals surface area contributed by atoms with E-state index in [0.29, 0.717) is 4.99 Å². The van der Waals surface area contributed by atoms with Crippen LogP contribution in [0.2, 0.25) is 0 Å². The molecule has 1 aliphatic rings. The number of piperidine rings is 1. The van der Waals surface area contributed by atoms with Gasteiger partial charge in [-0.05, 0) is 31.4 Å². The second-order valence-corrected chi connectivity index (χ2v) is 5.77. The number of benzene rings is 1. The lowest BCUT2D eigenvalue weighted by molar-refractivity contribution is 0.0440. The molecule has 1 aromatic carbocycles. The molecular formula is C16H24N2O2S. The molecule has 1 aliphatic heterocycles. The summed E-state index contributed by atoms with van der Waals surface area (Å²) in [7, 11) is 1.67. The monoisotopic (exact) mass is 308 g/mol. The van der Waals surface area contributed by atoms with Crippen LogP contribution in [0.1, 0.15) is 31.7 Å². The Hall–Kier alpha value is -1.33. The highest BCUT2D eigenvalue weighted by Gasteiger charge is 2.23. The van der Waals surface area contributed by atoms with Gasteiger partial charge in [-0.2, -0.15) is 0 Å². The summed E-state index contributed by atoms with van der Waals surface area (Å²) in [4.78, 5) is 2.73. The Labute approximate surface area is 132 Å². The molecule has 1 aromatic rings. The summed E-state index contributed by atoms with van der Waals surface area (Å²) in [5, 5.41) is 0. The third kappa shape index (κ3) is 4.08. The summed E-state index contributed by atoms with van der Waals surface area (Å²) in [5.41, 5.74) is 7.81. The second-order valence-electron chi connectivity index (χ2n) is 5.33. The Morgan fingerprint density at radius 1 is 1.48 bits per heavy atom. The van der Waals surface area contributed by atoms with Gasteiger partial charge in [0.2, 0.25) is 0 Å². The fourth-order valence-electron chi connectivity index (χ4n) is 2.69. The molecule has 0 spiro atoms. The standard InChI is InChI=1S/C16H24N2O2S/c1-3-9-20-13-5-4-8-18(11-13)15-10-12(19-2)6-7-14(15)16(17)21/h6-7,10,13H,3-5,8-9,11H2,1-2H3,(H2,17,21). The Bertz CT molecular complexity index is 493. The topological polar surface area (TPSA) is 47.7 Å². The average molecular weight is 308 g/mol. The van der Waals surface area contributed by atoms with E-state index in [1.54, 1.807) is 7.11 Å². The SMILES string of the molecule is CCCOC1CCCN(c2cc(OC)ccc2C(N)=S)C1. The zero-order valence-corrected chi connectivity index (χ0v) is 13.6. The first kappa shape index (κ1) is 16.0. The number of nitrogens with zero attached hydrogens (tertiary/aromatic N) is 1. The summed E-state index contributed by atoms with van der Waals surface area (Å²) < 4.78 is 11.2.